The molecule has 1 aromatic carbocycles. The summed E-state index contributed by atoms with van der Waals surface area (Å²) in [6.45, 7) is 1.64. The van der Waals surface area contributed by atoms with Crippen molar-refractivity contribution in [2.45, 2.75) is 6.92 Å². The summed E-state index contributed by atoms with van der Waals surface area (Å²) in [7, 11) is 0. The number of non-ortho nitro benzene ring substituents is 1. The van der Waals surface area contributed by atoms with Crippen LogP contribution in [0.4, 0.5) is 5.69 Å². The van der Waals surface area contributed by atoms with E-state index in [2.05, 4.69) is 10.1 Å². The Kier molecular flexibility index (Phi) is 2.28. The third-order valence-corrected chi connectivity index (χ3v) is 2.09. The molecule has 2 aromatic rings. The molecular formula is C9H8N4O3. The molecule has 2 rings (SSSR count). The van der Waals surface area contributed by atoms with Crippen LogP contribution in [0.2, 0.25) is 0 Å². The first-order valence-electron chi connectivity index (χ1n) is 4.48. The zero-order chi connectivity index (χ0) is 11.7. The molecule has 0 bridgehead atoms. The standard InChI is InChI=1S/C9H8N4O3/c1-6-10-9(14)11-12(6)7-3-2-4-8(5-7)13(15)16/h2-5H,1H3,(H,11,14). The molecule has 82 valence electrons. The number of rotatable bonds is 2. The van der Waals surface area contributed by atoms with Gasteiger partial charge in [0.25, 0.3) is 5.69 Å². The molecule has 1 aromatic heterocycles. The van der Waals surface area contributed by atoms with Gasteiger partial charge >= 0.3 is 5.69 Å². The van der Waals surface area contributed by atoms with Gasteiger partial charge in [0, 0.05) is 12.1 Å². The summed E-state index contributed by atoms with van der Waals surface area (Å²) in [4.78, 5) is 24.7. The van der Waals surface area contributed by atoms with E-state index >= 15 is 0 Å². The second-order valence-electron chi connectivity index (χ2n) is 3.19. The van der Waals surface area contributed by atoms with Gasteiger partial charge in [0.1, 0.15) is 5.82 Å². The predicted octanol–water partition coefficient (Wildman–Crippen LogP) is 0.777. The maximum absolute atomic E-state index is 11.0. The summed E-state index contributed by atoms with van der Waals surface area (Å²) in [6.07, 6.45) is 0. The van der Waals surface area contributed by atoms with E-state index in [1.165, 1.54) is 16.8 Å². The van der Waals surface area contributed by atoms with Crippen LogP contribution in [-0.2, 0) is 0 Å². The van der Waals surface area contributed by atoms with Crippen molar-refractivity contribution < 1.29 is 4.92 Å². The molecule has 1 heterocycles. The van der Waals surface area contributed by atoms with Gasteiger partial charge in [-0.1, -0.05) is 6.07 Å². The van der Waals surface area contributed by atoms with E-state index in [0.29, 0.717) is 11.5 Å². The topological polar surface area (TPSA) is 93.8 Å². The number of hydrogen-bond acceptors (Lipinski definition) is 4. The lowest BCUT2D eigenvalue weighted by Gasteiger charge is -2.02. The van der Waals surface area contributed by atoms with Crippen LogP contribution in [0, 0.1) is 17.0 Å². The average Bonchev–Trinajstić information content (AvgIpc) is 2.58. The largest absolute Gasteiger partial charge is 0.361 e. The number of aromatic nitrogens is 3. The Labute approximate surface area is 89.5 Å². The minimum absolute atomic E-state index is 0.0357. The van der Waals surface area contributed by atoms with Gasteiger partial charge in [0.05, 0.1) is 10.6 Å². The molecule has 0 unspecified atom stereocenters. The van der Waals surface area contributed by atoms with Crippen molar-refractivity contribution in [1.82, 2.24) is 14.8 Å². The number of benzene rings is 1. The molecule has 0 aliphatic heterocycles. The summed E-state index contributed by atoms with van der Waals surface area (Å²) < 4.78 is 1.40. The van der Waals surface area contributed by atoms with Crippen LogP contribution in [0.15, 0.2) is 29.1 Å². The van der Waals surface area contributed by atoms with E-state index in [9.17, 15) is 14.9 Å². The Hall–Kier alpha value is -2.44. The third-order valence-electron chi connectivity index (χ3n) is 2.09. The molecule has 0 spiro atoms. The number of nitrogens with zero attached hydrogens (tertiary/aromatic N) is 3. The fourth-order valence-corrected chi connectivity index (χ4v) is 1.40. The number of aromatic amines is 1. The molecule has 0 atom stereocenters. The zero-order valence-electron chi connectivity index (χ0n) is 8.38. The first-order chi connectivity index (χ1) is 7.58. The predicted molar refractivity (Wildman–Crippen MR) is 55.6 cm³/mol. The van der Waals surface area contributed by atoms with Crippen LogP contribution < -0.4 is 5.69 Å². The van der Waals surface area contributed by atoms with Gasteiger partial charge in [0.15, 0.2) is 0 Å². The number of nitro groups is 1. The highest BCUT2D eigenvalue weighted by molar-refractivity contribution is 5.42. The third kappa shape index (κ3) is 1.70. The quantitative estimate of drug-likeness (QED) is 0.597. The van der Waals surface area contributed by atoms with Gasteiger partial charge in [0.2, 0.25) is 0 Å². The maximum Gasteiger partial charge on any atom is 0.361 e. The van der Waals surface area contributed by atoms with Crippen molar-refractivity contribution in [1.29, 1.82) is 0 Å². The first-order valence-corrected chi connectivity index (χ1v) is 4.48. The smallest absolute Gasteiger partial charge is 0.258 e. The van der Waals surface area contributed by atoms with Gasteiger partial charge in [-0.3, -0.25) is 10.1 Å². The highest BCUT2D eigenvalue weighted by Crippen LogP contribution is 2.15. The lowest BCUT2D eigenvalue weighted by Crippen LogP contribution is -2.05. The fourth-order valence-electron chi connectivity index (χ4n) is 1.40. The average molecular weight is 220 g/mol. The van der Waals surface area contributed by atoms with Gasteiger partial charge in [-0.05, 0) is 13.0 Å². The molecule has 0 fully saturated rings. The summed E-state index contributed by atoms with van der Waals surface area (Å²) in [5, 5.41) is 13.0. The minimum atomic E-state index is -0.492. The van der Waals surface area contributed by atoms with E-state index in [1.54, 1.807) is 19.1 Å². The normalized spacial score (nSPS) is 10.3. The van der Waals surface area contributed by atoms with Crippen LogP contribution in [0.1, 0.15) is 5.82 Å². The van der Waals surface area contributed by atoms with E-state index in [4.69, 9.17) is 0 Å². The van der Waals surface area contributed by atoms with Crippen LogP contribution in [0.5, 0.6) is 0 Å². The SMILES string of the molecule is Cc1nc(=O)[nH]n1-c1cccc([N+](=O)[O-])c1. The Morgan fingerprint density at radius 2 is 2.25 bits per heavy atom. The van der Waals surface area contributed by atoms with Crippen LogP contribution >= 0.6 is 0 Å². The minimum Gasteiger partial charge on any atom is -0.258 e. The number of nitro benzene ring substituents is 1. The van der Waals surface area contributed by atoms with Crippen molar-refractivity contribution in [2.24, 2.45) is 0 Å². The van der Waals surface area contributed by atoms with Gasteiger partial charge in [-0.15, -0.1) is 0 Å². The molecule has 0 aliphatic carbocycles. The first kappa shape index (κ1) is 10.1. The van der Waals surface area contributed by atoms with Gasteiger partial charge in [-0.25, -0.2) is 14.6 Å². The maximum atomic E-state index is 11.0. The van der Waals surface area contributed by atoms with Crippen molar-refractivity contribution >= 4 is 5.69 Å². The molecule has 16 heavy (non-hydrogen) atoms. The molecule has 0 aliphatic rings. The summed E-state index contributed by atoms with van der Waals surface area (Å²) in [5.41, 5.74) is -0.0169. The Morgan fingerprint density at radius 3 is 2.81 bits per heavy atom. The molecule has 1 N–H and O–H groups in total. The second kappa shape index (κ2) is 3.61. The monoisotopic (exact) mass is 220 g/mol. The highest BCUT2D eigenvalue weighted by atomic mass is 16.6. The lowest BCUT2D eigenvalue weighted by molar-refractivity contribution is -0.384. The fraction of sp³-hybridized carbons (Fsp3) is 0.111. The number of H-pyrrole nitrogens is 1. The summed E-state index contributed by atoms with van der Waals surface area (Å²) >= 11 is 0. The molecule has 7 nitrogen and oxygen atoms in total. The number of nitrogens with one attached hydrogen (secondary N) is 1. The Bertz CT molecular complexity index is 599. The van der Waals surface area contributed by atoms with E-state index < -0.39 is 10.6 Å². The molecule has 0 amide bonds. The van der Waals surface area contributed by atoms with Crippen LogP contribution in [0.25, 0.3) is 5.69 Å². The molecule has 0 radical (unpaired) electrons. The Balaban J connectivity index is 2.56. The van der Waals surface area contributed by atoms with Crippen molar-refractivity contribution in [2.75, 3.05) is 0 Å². The highest BCUT2D eigenvalue weighted by Gasteiger charge is 2.09. The van der Waals surface area contributed by atoms with Crippen molar-refractivity contribution in [3.63, 3.8) is 0 Å². The number of hydrogen-bond donors (Lipinski definition) is 1. The second-order valence-corrected chi connectivity index (χ2v) is 3.19. The molecular weight excluding hydrogens is 212 g/mol. The molecule has 7 heteroatoms. The van der Waals surface area contributed by atoms with E-state index in [-0.39, 0.29) is 5.69 Å². The van der Waals surface area contributed by atoms with E-state index in [0.717, 1.165) is 0 Å². The van der Waals surface area contributed by atoms with Gasteiger partial charge < -0.3 is 0 Å². The zero-order valence-corrected chi connectivity index (χ0v) is 8.38. The number of aryl methyl sites for hydroxylation is 1. The van der Waals surface area contributed by atoms with Crippen molar-refractivity contribution in [3.8, 4) is 5.69 Å². The van der Waals surface area contributed by atoms with E-state index in [1.807, 2.05) is 0 Å². The van der Waals surface area contributed by atoms with Crippen molar-refractivity contribution in [3.05, 3.63) is 50.7 Å². The van der Waals surface area contributed by atoms with Crippen LogP contribution in [0.3, 0.4) is 0 Å². The van der Waals surface area contributed by atoms with Crippen LogP contribution in [-0.4, -0.2) is 19.7 Å². The van der Waals surface area contributed by atoms with Gasteiger partial charge in [-0.2, -0.15) is 4.98 Å². The summed E-state index contributed by atoms with van der Waals surface area (Å²) in [6, 6.07) is 5.95. The Morgan fingerprint density at radius 1 is 1.50 bits per heavy atom. The molecule has 0 saturated carbocycles. The molecule has 0 saturated heterocycles. The lowest BCUT2D eigenvalue weighted by atomic mass is 10.3. The summed E-state index contributed by atoms with van der Waals surface area (Å²) in [5.74, 6) is 0.450.